The van der Waals surface area contributed by atoms with E-state index in [1.807, 2.05) is 12.1 Å². The number of nitrogens with two attached hydrogens (primary N) is 1. The fraction of sp³-hybridized carbons (Fsp3) is 0.429. The van der Waals surface area contributed by atoms with Gasteiger partial charge in [-0.3, -0.25) is 14.5 Å². The molecule has 3 N–H and O–H groups in total. The number of nitrogens with zero attached hydrogens (tertiary/aromatic N) is 1. The molecular weight excluding hydrogens is 244 g/mol. The van der Waals surface area contributed by atoms with Crippen molar-refractivity contribution in [3.63, 3.8) is 0 Å². The molecule has 0 aliphatic carbocycles. The zero-order valence-electron chi connectivity index (χ0n) is 10.8. The molecule has 1 aromatic carbocycles. The van der Waals surface area contributed by atoms with Crippen LogP contribution in [-0.2, 0) is 22.6 Å². The summed E-state index contributed by atoms with van der Waals surface area (Å²) >= 11 is 0. The average Bonchev–Trinajstić information content (AvgIpc) is 2.44. The number of benzene rings is 1. The smallest absolute Gasteiger partial charge is 0.234 e. The third-order valence-electron chi connectivity index (χ3n) is 3.28. The van der Waals surface area contributed by atoms with E-state index in [0.29, 0.717) is 31.5 Å². The van der Waals surface area contributed by atoms with Crippen molar-refractivity contribution < 1.29 is 14.7 Å². The van der Waals surface area contributed by atoms with Crippen LogP contribution in [0.3, 0.4) is 0 Å². The van der Waals surface area contributed by atoms with Crippen LogP contribution < -0.4 is 10.6 Å². The molecule has 1 aromatic rings. The summed E-state index contributed by atoms with van der Waals surface area (Å²) < 4.78 is 0. The zero-order chi connectivity index (χ0) is 13.8. The quantitative estimate of drug-likeness (QED) is 0.837. The molecule has 0 aromatic heterocycles. The molecular formula is C14H18N2O3. The second-order valence-corrected chi connectivity index (χ2v) is 4.62. The van der Waals surface area contributed by atoms with Gasteiger partial charge in [-0.25, -0.2) is 0 Å². The molecule has 2 rings (SSSR count). The highest BCUT2D eigenvalue weighted by Crippen LogP contribution is 2.29. The minimum atomic E-state index is -0.250. The minimum absolute atomic E-state index is 0.0489. The molecule has 5 heteroatoms. The maximum absolute atomic E-state index is 12.1. The number of anilines is 1. The lowest BCUT2D eigenvalue weighted by Gasteiger charge is -2.28. The summed E-state index contributed by atoms with van der Waals surface area (Å²) in [6.07, 6.45) is 1.54. The summed E-state index contributed by atoms with van der Waals surface area (Å²) in [6, 6.07) is 5.57. The Morgan fingerprint density at radius 3 is 2.84 bits per heavy atom. The van der Waals surface area contributed by atoms with Gasteiger partial charge in [-0.2, -0.15) is 0 Å². The van der Waals surface area contributed by atoms with Crippen LogP contribution in [0.25, 0.3) is 0 Å². The fourth-order valence-corrected chi connectivity index (χ4v) is 2.29. The van der Waals surface area contributed by atoms with Gasteiger partial charge in [-0.15, -0.1) is 0 Å². The SMILES string of the molecule is NCc1ccc2c(c1)CCC(=O)N2C(=O)CCCO. The first-order chi connectivity index (χ1) is 9.17. The Bertz CT molecular complexity index is 499. The van der Waals surface area contributed by atoms with Crippen LogP contribution in [0.15, 0.2) is 18.2 Å². The highest BCUT2D eigenvalue weighted by atomic mass is 16.3. The van der Waals surface area contributed by atoms with Gasteiger partial charge in [0.05, 0.1) is 5.69 Å². The molecule has 1 aliphatic heterocycles. The molecule has 102 valence electrons. The van der Waals surface area contributed by atoms with Gasteiger partial charge in [0.15, 0.2) is 0 Å². The van der Waals surface area contributed by atoms with Crippen molar-refractivity contribution in [3.8, 4) is 0 Å². The number of hydrogen-bond acceptors (Lipinski definition) is 4. The van der Waals surface area contributed by atoms with Crippen molar-refractivity contribution in [1.29, 1.82) is 0 Å². The van der Waals surface area contributed by atoms with Crippen LogP contribution in [0, 0.1) is 0 Å². The molecule has 0 atom stereocenters. The van der Waals surface area contributed by atoms with Crippen LogP contribution in [0.5, 0.6) is 0 Å². The van der Waals surface area contributed by atoms with E-state index in [1.165, 1.54) is 4.90 Å². The van der Waals surface area contributed by atoms with Gasteiger partial charge in [0.25, 0.3) is 0 Å². The standard InChI is InChI=1S/C14H18N2O3/c15-9-10-3-5-12-11(8-10)4-6-14(19)16(12)13(18)2-1-7-17/h3,5,8,17H,1-2,4,6-7,9,15H2. The molecule has 0 fully saturated rings. The predicted octanol–water partition coefficient (Wildman–Crippen LogP) is 0.724. The first-order valence-corrected chi connectivity index (χ1v) is 6.46. The third kappa shape index (κ3) is 2.83. The Morgan fingerprint density at radius 2 is 2.16 bits per heavy atom. The molecule has 0 radical (unpaired) electrons. The summed E-state index contributed by atoms with van der Waals surface area (Å²) in [5.74, 6) is -0.420. The van der Waals surface area contributed by atoms with Gasteiger partial charge in [0.1, 0.15) is 0 Å². The van der Waals surface area contributed by atoms with Crippen molar-refractivity contribution in [3.05, 3.63) is 29.3 Å². The average molecular weight is 262 g/mol. The minimum Gasteiger partial charge on any atom is -0.396 e. The van der Waals surface area contributed by atoms with Gasteiger partial charge in [0, 0.05) is 26.0 Å². The lowest BCUT2D eigenvalue weighted by molar-refractivity contribution is -0.127. The van der Waals surface area contributed by atoms with E-state index in [0.717, 1.165) is 11.1 Å². The number of hydrogen-bond donors (Lipinski definition) is 2. The number of aliphatic hydroxyl groups is 1. The molecule has 0 unspecified atom stereocenters. The van der Waals surface area contributed by atoms with Crippen molar-refractivity contribution >= 4 is 17.5 Å². The number of aliphatic hydroxyl groups excluding tert-OH is 1. The van der Waals surface area contributed by atoms with E-state index in [9.17, 15) is 9.59 Å². The van der Waals surface area contributed by atoms with E-state index in [1.54, 1.807) is 6.07 Å². The first kappa shape index (κ1) is 13.7. The van der Waals surface area contributed by atoms with Gasteiger partial charge in [-0.05, 0) is 30.0 Å². The van der Waals surface area contributed by atoms with Gasteiger partial charge < -0.3 is 10.8 Å². The maximum Gasteiger partial charge on any atom is 0.234 e. The molecule has 0 spiro atoms. The number of carbonyl (C=O) groups is 2. The fourth-order valence-electron chi connectivity index (χ4n) is 2.29. The lowest BCUT2D eigenvalue weighted by atomic mass is 9.98. The third-order valence-corrected chi connectivity index (χ3v) is 3.28. The Hall–Kier alpha value is -1.72. The number of rotatable bonds is 4. The van der Waals surface area contributed by atoms with E-state index in [2.05, 4.69) is 0 Å². The number of aryl methyl sites for hydroxylation is 1. The van der Waals surface area contributed by atoms with E-state index in [-0.39, 0.29) is 24.8 Å². The highest BCUT2D eigenvalue weighted by Gasteiger charge is 2.28. The summed E-state index contributed by atoms with van der Waals surface area (Å²) in [6.45, 7) is 0.395. The number of amides is 2. The summed E-state index contributed by atoms with van der Waals surface area (Å²) in [7, 11) is 0. The molecule has 5 nitrogen and oxygen atoms in total. The maximum atomic E-state index is 12.1. The topological polar surface area (TPSA) is 83.6 Å². The van der Waals surface area contributed by atoms with Gasteiger partial charge >= 0.3 is 0 Å². The second kappa shape index (κ2) is 5.95. The zero-order valence-corrected chi connectivity index (χ0v) is 10.8. The Balaban J connectivity index is 2.30. The van der Waals surface area contributed by atoms with Crippen LogP contribution in [0.2, 0.25) is 0 Å². The Morgan fingerprint density at radius 1 is 1.37 bits per heavy atom. The molecule has 0 bridgehead atoms. The summed E-state index contributed by atoms with van der Waals surface area (Å²) in [4.78, 5) is 25.2. The summed E-state index contributed by atoms with van der Waals surface area (Å²) in [5, 5.41) is 8.77. The lowest BCUT2D eigenvalue weighted by Crippen LogP contribution is -2.40. The van der Waals surface area contributed by atoms with Crippen LogP contribution in [0.4, 0.5) is 5.69 Å². The Kier molecular flexibility index (Phi) is 4.29. The number of carbonyl (C=O) groups excluding carboxylic acids is 2. The van der Waals surface area contributed by atoms with Crippen LogP contribution in [-0.4, -0.2) is 23.5 Å². The van der Waals surface area contributed by atoms with Crippen molar-refractivity contribution in [1.82, 2.24) is 0 Å². The van der Waals surface area contributed by atoms with E-state index >= 15 is 0 Å². The van der Waals surface area contributed by atoms with Crippen LogP contribution >= 0.6 is 0 Å². The largest absolute Gasteiger partial charge is 0.396 e. The van der Waals surface area contributed by atoms with Crippen molar-refractivity contribution in [2.24, 2.45) is 5.73 Å². The highest BCUT2D eigenvalue weighted by molar-refractivity contribution is 6.16. The molecule has 2 amide bonds. The predicted molar refractivity (Wildman–Crippen MR) is 71.5 cm³/mol. The molecule has 0 saturated carbocycles. The molecule has 1 aliphatic rings. The monoisotopic (exact) mass is 262 g/mol. The van der Waals surface area contributed by atoms with Crippen molar-refractivity contribution in [2.45, 2.75) is 32.2 Å². The number of imide groups is 1. The van der Waals surface area contributed by atoms with Crippen molar-refractivity contribution in [2.75, 3.05) is 11.5 Å². The van der Waals surface area contributed by atoms with Crippen LogP contribution in [0.1, 0.15) is 30.4 Å². The van der Waals surface area contributed by atoms with Gasteiger partial charge in [0.2, 0.25) is 11.8 Å². The molecule has 1 heterocycles. The van der Waals surface area contributed by atoms with Gasteiger partial charge in [-0.1, -0.05) is 12.1 Å². The second-order valence-electron chi connectivity index (χ2n) is 4.62. The number of fused-ring (bicyclic) bond motifs is 1. The molecule has 0 saturated heterocycles. The molecule has 19 heavy (non-hydrogen) atoms. The first-order valence-electron chi connectivity index (χ1n) is 6.46. The van der Waals surface area contributed by atoms with E-state index < -0.39 is 0 Å². The Labute approximate surface area is 112 Å². The van der Waals surface area contributed by atoms with E-state index in [4.69, 9.17) is 10.8 Å². The normalized spacial score (nSPS) is 14.4. The summed E-state index contributed by atoms with van der Waals surface area (Å²) in [5.41, 5.74) is 8.24.